The van der Waals surface area contributed by atoms with Gasteiger partial charge >= 0.3 is 0 Å². The van der Waals surface area contributed by atoms with Gasteiger partial charge in [0.2, 0.25) is 0 Å². The molecule has 53 valence electrons. The van der Waals surface area contributed by atoms with Gasteiger partial charge in [-0.2, -0.15) is 0 Å². The van der Waals surface area contributed by atoms with Crippen molar-refractivity contribution in [3.8, 4) is 0 Å². The lowest BCUT2D eigenvalue weighted by Crippen LogP contribution is -1.75. The van der Waals surface area contributed by atoms with Gasteiger partial charge in [-0.1, -0.05) is 18.2 Å². The molecule has 0 unspecified atom stereocenters. The van der Waals surface area contributed by atoms with E-state index < -0.39 is 0 Å². The summed E-state index contributed by atoms with van der Waals surface area (Å²) in [5.74, 6) is 0. The van der Waals surface area contributed by atoms with Crippen molar-refractivity contribution >= 4 is 10.8 Å². The Morgan fingerprint density at radius 2 is 2.00 bits per heavy atom. The molecule has 0 aliphatic heterocycles. The second kappa shape index (κ2) is 2.35. The minimum Gasteiger partial charge on any atom is -0.264 e. The van der Waals surface area contributed by atoms with Crippen LogP contribution in [-0.2, 0) is 0 Å². The molecule has 1 radical (unpaired) electrons. The number of pyridine rings is 1. The summed E-state index contributed by atoms with van der Waals surface area (Å²) in [5.41, 5.74) is 1.05. The van der Waals surface area contributed by atoms with Crippen LogP contribution in [0.2, 0.25) is 0 Å². The summed E-state index contributed by atoms with van der Waals surface area (Å²) >= 11 is 0. The van der Waals surface area contributed by atoms with E-state index in [4.69, 9.17) is 0 Å². The van der Waals surface area contributed by atoms with Crippen molar-refractivity contribution in [3.05, 3.63) is 49.1 Å². The van der Waals surface area contributed by atoms with Gasteiger partial charge in [-0.15, -0.1) is 0 Å². The van der Waals surface area contributed by atoms with Gasteiger partial charge in [0.05, 0.1) is 0 Å². The highest BCUT2D eigenvalue weighted by Gasteiger charge is 1.90. The summed E-state index contributed by atoms with van der Waals surface area (Å²) in [5, 5.41) is 2.37. The van der Waals surface area contributed by atoms with Crippen LogP contribution in [0.5, 0.6) is 0 Å². The Bertz CT molecular complexity index is 379. The second-order valence-electron chi connectivity index (χ2n) is 2.56. The molecule has 1 aromatic heterocycles. The molecule has 0 bridgehead atoms. The van der Waals surface area contributed by atoms with Crippen molar-refractivity contribution in [3.63, 3.8) is 0 Å². The largest absolute Gasteiger partial charge is 0.264 e. The monoisotopic (exact) mass is 142 g/mol. The van der Waals surface area contributed by atoms with Crippen LogP contribution in [0.4, 0.5) is 0 Å². The van der Waals surface area contributed by atoms with Crippen molar-refractivity contribution in [1.82, 2.24) is 4.98 Å². The Kier molecular flexibility index (Phi) is 1.35. The van der Waals surface area contributed by atoms with E-state index in [2.05, 4.69) is 18.0 Å². The number of rotatable bonds is 0. The first-order valence-corrected chi connectivity index (χ1v) is 3.52. The molecule has 0 fully saturated rings. The molecule has 2 aromatic rings. The van der Waals surface area contributed by atoms with E-state index in [1.165, 1.54) is 10.8 Å². The number of benzene rings is 1. The second-order valence-corrected chi connectivity index (χ2v) is 2.56. The third-order valence-corrected chi connectivity index (χ3v) is 1.70. The average molecular weight is 142 g/mol. The van der Waals surface area contributed by atoms with Crippen LogP contribution in [0.3, 0.4) is 0 Å². The molecule has 0 saturated carbocycles. The van der Waals surface area contributed by atoms with Gasteiger partial charge in [-0.25, -0.2) is 0 Å². The summed E-state index contributed by atoms with van der Waals surface area (Å²) in [6, 6.07) is 8.07. The first-order valence-electron chi connectivity index (χ1n) is 3.52. The first kappa shape index (κ1) is 6.35. The number of fused-ring (bicyclic) bond motifs is 1. The molecule has 11 heavy (non-hydrogen) atoms. The fourth-order valence-corrected chi connectivity index (χ4v) is 1.13. The SMILES string of the molecule is [CH2]c1ccc2cnccc2c1. The zero-order valence-electron chi connectivity index (χ0n) is 6.12. The van der Waals surface area contributed by atoms with E-state index in [0.29, 0.717) is 0 Å². The van der Waals surface area contributed by atoms with E-state index >= 15 is 0 Å². The molecule has 1 heteroatoms. The van der Waals surface area contributed by atoms with Crippen LogP contribution >= 0.6 is 0 Å². The van der Waals surface area contributed by atoms with Gasteiger partial charge in [-0.3, -0.25) is 4.98 Å². The summed E-state index contributed by atoms with van der Waals surface area (Å²) < 4.78 is 0. The molecule has 0 aliphatic rings. The van der Waals surface area contributed by atoms with Gasteiger partial charge in [0.1, 0.15) is 0 Å². The Hall–Kier alpha value is -1.37. The maximum atomic E-state index is 4.02. The molecule has 1 nitrogen and oxygen atoms in total. The smallest absolute Gasteiger partial charge is 0.0346 e. The molecule has 1 aromatic carbocycles. The lowest BCUT2D eigenvalue weighted by molar-refractivity contribution is 1.36. The van der Waals surface area contributed by atoms with Crippen molar-refractivity contribution in [2.45, 2.75) is 0 Å². The van der Waals surface area contributed by atoms with Crippen molar-refractivity contribution in [1.29, 1.82) is 0 Å². The Labute approximate surface area is 65.7 Å². The number of nitrogens with zero attached hydrogens (tertiary/aromatic N) is 1. The average Bonchev–Trinajstić information content (AvgIpc) is 2.04. The van der Waals surface area contributed by atoms with Crippen molar-refractivity contribution in [2.24, 2.45) is 0 Å². The Morgan fingerprint density at radius 3 is 2.91 bits per heavy atom. The highest BCUT2D eigenvalue weighted by Crippen LogP contribution is 2.12. The normalized spacial score (nSPS) is 10.3. The van der Waals surface area contributed by atoms with Crippen LogP contribution in [0.25, 0.3) is 10.8 Å². The fourth-order valence-electron chi connectivity index (χ4n) is 1.13. The molecule has 1 heterocycles. The van der Waals surface area contributed by atoms with Gasteiger partial charge in [0.25, 0.3) is 0 Å². The molecule has 0 saturated heterocycles. The summed E-state index contributed by atoms with van der Waals surface area (Å²) in [6.45, 7) is 3.85. The highest BCUT2D eigenvalue weighted by molar-refractivity contribution is 5.82. The lowest BCUT2D eigenvalue weighted by Gasteiger charge is -1.96. The molecule has 0 N–H and O–H groups in total. The zero-order valence-corrected chi connectivity index (χ0v) is 6.12. The third kappa shape index (κ3) is 1.09. The molecule has 0 amide bonds. The Morgan fingerprint density at radius 1 is 1.09 bits per heavy atom. The van der Waals surface area contributed by atoms with Crippen molar-refractivity contribution in [2.75, 3.05) is 0 Å². The van der Waals surface area contributed by atoms with Crippen molar-refractivity contribution < 1.29 is 0 Å². The third-order valence-electron chi connectivity index (χ3n) is 1.70. The van der Waals surface area contributed by atoms with Gasteiger partial charge in [0, 0.05) is 17.8 Å². The maximum absolute atomic E-state index is 4.02. The van der Waals surface area contributed by atoms with Crippen LogP contribution < -0.4 is 0 Å². The van der Waals surface area contributed by atoms with Gasteiger partial charge in [-0.05, 0) is 23.9 Å². The molecule has 0 aliphatic carbocycles. The Balaban J connectivity index is 2.83. The van der Waals surface area contributed by atoms with Gasteiger partial charge < -0.3 is 0 Å². The number of hydrogen-bond donors (Lipinski definition) is 0. The number of aromatic nitrogens is 1. The topological polar surface area (TPSA) is 12.9 Å². The first-order chi connectivity index (χ1) is 5.36. The van der Waals surface area contributed by atoms with Crippen LogP contribution in [0.1, 0.15) is 5.56 Å². The molecule has 0 atom stereocenters. The van der Waals surface area contributed by atoms with Crippen LogP contribution in [0.15, 0.2) is 36.7 Å². The summed E-state index contributed by atoms with van der Waals surface area (Å²) in [7, 11) is 0. The minimum absolute atomic E-state index is 1.05. The van der Waals surface area contributed by atoms with E-state index in [1.54, 1.807) is 6.20 Å². The predicted molar refractivity (Wildman–Crippen MR) is 46.2 cm³/mol. The van der Waals surface area contributed by atoms with E-state index in [-0.39, 0.29) is 0 Å². The molecular weight excluding hydrogens is 134 g/mol. The van der Waals surface area contributed by atoms with Gasteiger partial charge in [0.15, 0.2) is 0 Å². The quantitative estimate of drug-likeness (QED) is 0.550. The minimum atomic E-state index is 1.05. The summed E-state index contributed by atoms with van der Waals surface area (Å²) in [4.78, 5) is 4.02. The molecule has 2 rings (SSSR count). The fraction of sp³-hybridized carbons (Fsp3) is 0. The van der Waals surface area contributed by atoms with E-state index in [9.17, 15) is 0 Å². The predicted octanol–water partition coefficient (Wildman–Crippen LogP) is 2.42. The van der Waals surface area contributed by atoms with Crippen LogP contribution in [-0.4, -0.2) is 4.98 Å². The zero-order chi connectivity index (χ0) is 7.68. The summed E-state index contributed by atoms with van der Waals surface area (Å²) in [6.07, 6.45) is 3.65. The lowest BCUT2D eigenvalue weighted by atomic mass is 10.1. The molecule has 0 spiro atoms. The van der Waals surface area contributed by atoms with Crippen LogP contribution in [0, 0.1) is 6.92 Å². The number of hydrogen-bond acceptors (Lipinski definition) is 1. The van der Waals surface area contributed by atoms with E-state index in [1.807, 2.05) is 24.4 Å². The highest BCUT2D eigenvalue weighted by atomic mass is 14.6. The maximum Gasteiger partial charge on any atom is 0.0346 e. The van der Waals surface area contributed by atoms with E-state index in [0.717, 1.165) is 5.56 Å². The molecular formula is C10H8N. The standard InChI is InChI=1S/C10H8N/c1-8-2-3-10-7-11-5-4-9(10)6-8/h2-7H,1H2.